The van der Waals surface area contributed by atoms with Gasteiger partial charge in [-0.15, -0.1) is 0 Å². The van der Waals surface area contributed by atoms with Gasteiger partial charge >= 0.3 is 0 Å². The summed E-state index contributed by atoms with van der Waals surface area (Å²) in [5.74, 6) is -0.0520. The highest BCUT2D eigenvalue weighted by atomic mass is 35.5. The highest BCUT2D eigenvalue weighted by Gasteiger charge is 2.20. The van der Waals surface area contributed by atoms with Gasteiger partial charge in [-0.2, -0.15) is 0 Å². The summed E-state index contributed by atoms with van der Waals surface area (Å²) in [4.78, 5) is 14.8. The molecule has 0 bridgehead atoms. The maximum absolute atomic E-state index is 12.8. The molecule has 27 heavy (non-hydrogen) atoms. The van der Waals surface area contributed by atoms with Crippen LogP contribution in [0.25, 0.3) is 0 Å². The van der Waals surface area contributed by atoms with E-state index in [9.17, 15) is 13.2 Å². The van der Waals surface area contributed by atoms with Gasteiger partial charge in [-0.25, -0.2) is 8.42 Å². The van der Waals surface area contributed by atoms with Crippen molar-refractivity contribution in [1.29, 1.82) is 0 Å². The Morgan fingerprint density at radius 2 is 1.63 bits per heavy atom. The minimum Gasteiger partial charge on any atom is -0.339 e. The number of halogens is 1. The Kier molecular flexibility index (Phi) is 6.07. The summed E-state index contributed by atoms with van der Waals surface area (Å²) in [7, 11) is -3.76. The van der Waals surface area contributed by atoms with Crippen LogP contribution in [0.15, 0.2) is 47.4 Å². The molecule has 1 heterocycles. The third kappa shape index (κ3) is 4.82. The summed E-state index contributed by atoms with van der Waals surface area (Å²) in [6.45, 7) is 3.30. The molecule has 3 rings (SSSR count). The largest absolute Gasteiger partial charge is 0.339 e. The van der Waals surface area contributed by atoms with E-state index in [0.29, 0.717) is 16.3 Å². The van der Waals surface area contributed by atoms with Crippen molar-refractivity contribution < 1.29 is 13.2 Å². The van der Waals surface area contributed by atoms with Crippen molar-refractivity contribution in [2.45, 2.75) is 37.5 Å². The lowest BCUT2D eigenvalue weighted by Crippen LogP contribution is -2.31. The minimum absolute atomic E-state index is 0.0520. The Morgan fingerprint density at radius 3 is 2.26 bits per heavy atom. The number of carbonyl (C=O) groups is 1. The molecule has 0 spiro atoms. The Bertz CT molecular complexity index is 919. The van der Waals surface area contributed by atoms with Gasteiger partial charge in [0, 0.05) is 23.7 Å². The fourth-order valence-electron chi connectivity index (χ4n) is 3.14. The van der Waals surface area contributed by atoms with Crippen molar-refractivity contribution in [3.8, 4) is 0 Å². The molecule has 0 aromatic heterocycles. The number of carbonyl (C=O) groups excluding carboxylic acids is 1. The molecule has 0 aliphatic carbocycles. The topological polar surface area (TPSA) is 66.5 Å². The molecule has 7 heteroatoms. The van der Waals surface area contributed by atoms with Gasteiger partial charge in [0.1, 0.15) is 0 Å². The smallest absolute Gasteiger partial charge is 0.261 e. The van der Waals surface area contributed by atoms with Crippen molar-refractivity contribution in [3.63, 3.8) is 0 Å². The summed E-state index contributed by atoms with van der Waals surface area (Å²) >= 11 is 5.83. The van der Waals surface area contributed by atoms with Crippen LogP contribution in [0.4, 0.5) is 5.69 Å². The molecule has 1 aliphatic rings. The van der Waals surface area contributed by atoms with E-state index in [1.165, 1.54) is 24.3 Å². The molecule has 144 valence electrons. The van der Waals surface area contributed by atoms with E-state index < -0.39 is 10.0 Å². The zero-order valence-electron chi connectivity index (χ0n) is 15.2. The first-order valence-electron chi connectivity index (χ1n) is 9.05. The molecule has 2 aromatic rings. The fraction of sp³-hybridized carbons (Fsp3) is 0.350. The predicted octanol–water partition coefficient (Wildman–Crippen LogP) is 4.47. The lowest BCUT2D eigenvalue weighted by Gasteiger charge is -2.21. The molecule has 1 fully saturated rings. The van der Waals surface area contributed by atoms with Gasteiger partial charge in [0.2, 0.25) is 0 Å². The molecule has 0 unspecified atom stereocenters. The van der Waals surface area contributed by atoms with Crippen LogP contribution in [0, 0.1) is 6.92 Å². The second kappa shape index (κ2) is 8.31. The Balaban J connectivity index is 1.84. The van der Waals surface area contributed by atoms with Gasteiger partial charge < -0.3 is 4.90 Å². The number of nitrogens with zero attached hydrogens (tertiary/aromatic N) is 1. The molecule has 1 aliphatic heterocycles. The van der Waals surface area contributed by atoms with Crippen molar-refractivity contribution in [2.24, 2.45) is 0 Å². The van der Waals surface area contributed by atoms with Gasteiger partial charge in [-0.1, -0.05) is 30.5 Å². The zero-order chi connectivity index (χ0) is 19.4. The minimum atomic E-state index is -3.76. The summed E-state index contributed by atoms with van der Waals surface area (Å²) in [6.07, 6.45) is 4.30. The van der Waals surface area contributed by atoms with Crippen LogP contribution < -0.4 is 4.72 Å². The van der Waals surface area contributed by atoms with Crippen LogP contribution in [0.3, 0.4) is 0 Å². The van der Waals surface area contributed by atoms with Gasteiger partial charge in [0.05, 0.1) is 10.6 Å². The van der Waals surface area contributed by atoms with E-state index in [0.717, 1.165) is 44.3 Å². The van der Waals surface area contributed by atoms with Crippen LogP contribution in [0.1, 0.15) is 41.6 Å². The number of hydrogen-bond donors (Lipinski definition) is 1. The monoisotopic (exact) mass is 406 g/mol. The first kappa shape index (κ1) is 19.7. The van der Waals surface area contributed by atoms with Crippen molar-refractivity contribution in [2.75, 3.05) is 17.8 Å². The molecule has 2 aromatic carbocycles. The molecule has 1 N–H and O–H groups in total. The molecule has 1 amide bonds. The fourth-order valence-corrected chi connectivity index (χ4v) is 4.39. The first-order chi connectivity index (χ1) is 12.9. The summed E-state index contributed by atoms with van der Waals surface area (Å²) in [5, 5.41) is 0.468. The number of benzene rings is 2. The van der Waals surface area contributed by atoms with Crippen LogP contribution >= 0.6 is 11.6 Å². The molecule has 1 saturated heterocycles. The summed E-state index contributed by atoms with van der Waals surface area (Å²) in [6, 6.07) is 11.1. The number of anilines is 1. The molecular formula is C20H23ClN2O3S. The Morgan fingerprint density at radius 1 is 1.00 bits per heavy atom. The Hall–Kier alpha value is -2.05. The molecule has 5 nitrogen and oxygen atoms in total. The number of rotatable bonds is 4. The average molecular weight is 407 g/mol. The normalized spacial score (nSPS) is 15.3. The lowest BCUT2D eigenvalue weighted by atomic mass is 10.1. The number of aryl methyl sites for hydroxylation is 1. The lowest BCUT2D eigenvalue weighted by molar-refractivity contribution is 0.0761. The number of nitrogens with one attached hydrogen (secondary N) is 1. The van der Waals surface area contributed by atoms with E-state index in [4.69, 9.17) is 11.6 Å². The van der Waals surface area contributed by atoms with Gasteiger partial charge in [-0.3, -0.25) is 9.52 Å². The molecule has 0 radical (unpaired) electrons. The van der Waals surface area contributed by atoms with Crippen LogP contribution in [0.2, 0.25) is 5.02 Å². The predicted molar refractivity (Wildman–Crippen MR) is 108 cm³/mol. The maximum atomic E-state index is 12.8. The van der Waals surface area contributed by atoms with Crippen molar-refractivity contribution in [3.05, 3.63) is 58.6 Å². The summed E-state index contributed by atoms with van der Waals surface area (Å²) < 4.78 is 27.9. The molecular weight excluding hydrogens is 384 g/mol. The summed E-state index contributed by atoms with van der Waals surface area (Å²) in [5.41, 5.74) is 1.65. The number of likely N-dealkylation sites (tertiary alicyclic amines) is 1. The second-order valence-corrected chi connectivity index (χ2v) is 8.91. The Labute approximate surface area is 165 Å². The van der Waals surface area contributed by atoms with E-state index in [1.807, 2.05) is 4.90 Å². The third-order valence-corrected chi connectivity index (χ3v) is 6.38. The van der Waals surface area contributed by atoms with E-state index >= 15 is 0 Å². The SMILES string of the molecule is Cc1ccc(C(=O)N2CCCCCC2)cc1NS(=O)(=O)c1ccc(Cl)cc1. The quantitative estimate of drug-likeness (QED) is 0.814. The molecule has 0 atom stereocenters. The van der Waals surface area contributed by atoms with E-state index in [1.54, 1.807) is 25.1 Å². The second-order valence-electron chi connectivity index (χ2n) is 6.80. The van der Waals surface area contributed by atoms with Crippen LogP contribution in [-0.4, -0.2) is 32.3 Å². The van der Waals surface area contributed by atoms with Gasteiger partial charge in [0.25, 0.3) is 15.9 Å². The first-order valence-corrected chi connectivity index (χ1v) is 10.9. The van der Waals surface area contributed by atoms with Crippen molar-refractivity contribution >= 4 is 33.2 Å². The third-order valence-electron chi connectivity index (χ3n) is 4.75. The highest BCUT2D eigenvalue weighted by molar-refractivity contribution is 7.92. The number of amides is 1. The average Bonchev–Trinajstić information content (AvgIpc) is 2.92. The highest BCUT2D eigenvalue weighted by Crippen LogP contribution is 2.23. The van der Waals surface area contributed by atoms with Gasteiger partial charge in [-0.05, 0) is 61.7 Å². The maximum Gasteiger partial charge on any atom is 0.261 e. The zero-order valence-corrected chi connectivity index (χ0v) is 16.8. The molecule has 0 saturated carbocycles. The van der Waals surface area contributed by atoms with Crippen molar-refractivity contribution in [1.82, 2.24) is 4.90 Å². The standard InChI is InChI=1S/C20H23ClN2O3S/c1-15-6-7-16(20(24)23-12-4-2-3-5-13-23)14-19(15)22-27(25,26)18-10-8-17(21)9-11-18/h6-11,14,22H,2-5,12-13H2,1H3. The van der Waals surface area contributed by atoms with Gasteiger partial charge in [0.15, 0.2) is 0 Å². The number of sulfonamides is 1. The van der Waals surface area contributed by atoms with Crippen LogP contribution in [-0.2, 0) is 10.0 Å². The van der Waals surface area contributed by atoms with E-state index in [2.05, 4.69) is 4.72 Å². The number of hydrogen-bond acceptors (Lipinski definition) is 3. The van der Waals surface area contributed by atoms with E-state index in [-0.39, 0.29) is 10.8 Å². The van der Waals surface area contributed by atoms with Crippen LogP contribution in [0.5, 0.6) is 0 Å².